The Bertz CT molecular complexity index is 1110. The summed E-state index contributed by atoms with van der Waals surface area (Å²) in [6, 6.07) is 18.2. The number of hydrogen-bond acceptors (Lipinski definition) is 5. The average molecular weight is 446 g/mol. The van der Waals surface area contributed by atoms with E-state index in [1.807, 2.05) is 42.5 Å². The number of carbonyl (C=O) groups excluding carboxylic acids is 2. The Morgan fingerprint density at radius 3 is 2.33 bits per heavy atom. The van der Waals surface area contributed by atoms with Crippen LogP contribution in [0, 0.1) is 5.41 Å². The molecule has 2 aromatic carbocycles. The number of methoxy groups -OCH3 is 1. The van der Waals surface area contributed by atoms with E-state index in [0.29, 0.717) is 23.3 Å². The highest BCUT2D eigenvalue weighted by molar-refractivity contribution is 6.04. The molecular formula is C28H31NO4. The maximum atomic E-state index is 13.4. The molecule has 0 aromatic heterocycles. The van der Waals surface area contributed by atoms with Gasteiger partial charge in [0, 0.05) is 30.7 Å². The Morgan fingerprint density at radius 1 is 1.03 bits per heavy atom. The fourth-order valence-electron chi connectivity index (χ4n) is 4.89. The molecule has 0 bridgehead atoms. The normalized spacial score (nSPS) is 19.8. The quantitative estimate of drug-likeness (QED) is 0.623. The number of benzene rings is 2. The van der Waals surface area contributed by atoms with E-state index in [2.05, 4.69) is 31.3 Å². The number of esters is 1. The van der Waals surface area contributed by atoms with Crippen LogP contribution in [0.5, 0.6) is 0 Å². The number of nitrogens with one attached hydrogen (secondary N) is 1. The van der Waals surface area contributed by atoms with Crippen molar-refractivity contribution in [1.29, 1.82) is 0 Å². The number of carbonyl (C=O) groups is 2. The number of dihydropyridines is 1. The summed E-state index contributed by atoms with van der Waals surface area (Å²) in [5, 5.41) is 3.38. The number of ether oxygens (including phenoxy) is 2. The van der Waals surface area contributed by atoms with Crippen LogP contribution >= 0.6 is 0 Å². The van der Waals surface area contributed by atoms with Gasteiger partial charge in [-0.2, -0.15) is 0 Å². The molecular weight excluding hydrogens is 414 g/mol. The number of rotatable bonds is 6. The van der Waals surface area contributed by atoms with Crippen molar-refractivity contribution in [2.75, 3.05) is 20.3 Å². The monoisotopic (exact) mass is 445 g/mol. The first-order valence-electron chi connectivity index (χ1n) is 11.4. The van der Waals surface area contributed by atoms with Gasteiger partial charge in [-0.15, -0.1) is 0 Å². The van der Waals surface area contributed by atoms with E-state index < -0.39 is 11.9 Å². The Kier molecular flexibility index (Phi) is 6.52. The lowest BCUT2D eigenvalue weighted by atomic mass is 9.68. The Labute approximate surface area is 195 Å². The van der Waals surface area contributed by atoms with Gasteiger partial charge in [0.2, 0.25) is 0 Å². The smallest absolute Gasteiger partial charge is 0.336 e. The van der Waals surface area contributed by atoms with E-state index in [-0.39, 0.29) is 24.4 Å². The van der Waals surface area contributed by atoms with Crippen molar-refractivity contribution >= 4 is 11.8 Å². The first-order valence-corrected chi connectivity index (χ1v) is 11.4. The second kappa shape index (κ2) is 9.36. The highest BCUT2D eigenvalue weighted by atomic mass is 16.5. The molecule has 5 heteroatoms. The van der Waals surface area contributed by atoms with E-state index in [0.717, 1.165) is 28.8 Å². The van der Waals surface area contributed by atoms with Crippen molar-refractivity contribution < 1.29 is 19.1 Å². The van der Waals surface area contributed by atoms with Gasteiger partial charge in [0.15, 0.2) is 5.78 Å². The summed E-state index contributed by atoms with van der Waals surface area (Å²) in [5.74, 6) is -0.832. The van der Waals surface area contributed by atoms with E-state index in [1.54, 1.807) is 14.0 Å². The lowest BCUT2D eigenvalue weighted by Crippen LogP contribution is -2.40. The molecule has 2 aromatic rings. The van der Waals surface area contributed by atoms with Crippen LogP contribution in [0.15, 0.2) is 77.1 Å². The highest BCUT2D eigenvalue weighted by Gasteiger charge is 2.43. The topological polar surface area (TPSA) is 64.6 Å². The minimum Gasteiger partial charge on any atom is -0.463 e. The van der Waals surface area contributed by atoms with Crippen LogP contribution in [0.25, 0.3) is 11.1 Å². The van der Waals surface area contributed by atoms with Crippen molar-refractivity contribution in [3.05, 3.63) is 82.7 Å². The summed E-state index contributed by atoms with van der Waals surface area (Å²) >= 11 is 0. The molecule has 1 heterocycles. The maximum Gasteiger partial charge on any atom is 0.336 e. The van der Waals surface area contributed by atoms with Crippen molar-refractivity contribution in [3.63, 3.8) is 0 Å². The molecule has 1 atom stereocenters. The molecule has 2 aliphatic rings. The summed E-state index contributed by atoms with van der Waals surface area (Å²) in [5.41, 5.74) is 5.62. The van der Waals surface area contributed by atoms with Crippen LogP contribution in [0.4, 0.5) is 0 Å². The van der Waals surface area contributed by atoms with Crippen LogP contribution in [0.1, 0.15) is 45.1 Å². The molecule has 1 N–H and O–H groups in total. The number of Topliss-reactive ketones (excluding diaryl/α,β-unsaturated/α-hetero) is 1. The fourth-order valence-corrected chi connectivity index (χ4v) is 4.89. The van der Waals surface area contributed by atoms with Crippen molar-refractivity contribution in [3.8, 4) is 11.1 Å². The van der Waals surface area contributed by atoms with E-state index in [4.69, 9.17) is 9.47 Å². The largest absolute Gasteiger partial charge is 0.463 e. The van der Waals surface area contributed by atoms with E-state index in [1.165, 1.54) is 0 Å². The van der Waals surface area contributed by atoms with Crippen LogP contribution in [-0.2, 0) is 19.1 Å². The predicted molar refractivity (Wildman–Crippen MR) is 128 cm³/mol. The van der Waals surface area contributed by atoms with Gasteiger partial charge in [-0.3, -0.25) is 4.79 Å². The minimum absolute atomic E-state index is 0.0733. The second-order valence-corrected chi connectivity index (χ2v) is 9.42. The van der Waals surface area contributed by atoms with Gasteiger partial charge in [0.1, 0.15) is 0 Å². The van der Waals surface area contributed by atoms with Gasteiger partial charge in [0.05, 0.1) is 24.5 Å². The van der Waals surface area contributed by atoms with Crippen LogP contribution < -0.4 is 5.32 Å². The molecule has 0 saturated carbocycles. The predicted octanol–water partition coefficient (Wildman–Crippen LogP) is 5.15. The zero-order valence-electron chi connectivity index (χ0n) is 19.7. The zero-order valence-corrected chi connectivity index (χ0v) is 19.7. The Hall–Kier alpha value is -3.18. The molecule has 0 radical (unpaired) electrons. The van der Waals surface area contributed by atoms with Gasteiger partial charge in [0.25, 0.3) is 0 Å². The summed E-state index contributed by atoms with van der Waals surface area (Å²) in [7, 11) is 1.60. The van der Waals surface area contributed by atoms with Crippen LogP contribution in [0.3, 0.4) is 0 Å². The minimum atomic E-state index is -0.487. The molecule has 1 aliphatic carbocycles. The third-order valence-corrected chi connectivity index (χ3v) is 6.26. The Balaban J connectivity index is 1.85. The van der Waals surface area contributed by atoms with Crippen LogP contribution in [0.2, 0.25) is 0 Å². The molecule has 5 nitrogen and oxygen atoms in total. The molecule has 1 aliphatic heterocycles. The van der Waals surface area contributed by atoms with Crippen molar-refractivity contribution in [1.82, 2.24) is 5.32 Å². The molecule has 33 heavy (non-hydrogen) atoms. The summed E-state index contributed by atoms with van der Waals surface area (Å²) in [6.07, 6.45) is 1.18. The summed E-state index contributed by atoms with van der Waals surface area (Å²) in [6.45, 7) is 6.47. The average Bonchev–Trinajstić information content (AvgIpc) is 2.78. The number of ketones is 1. The SMILES string of the molecule is CCOC(=O)C1=C(COC)NC2=C(C(=O)CC(C)(C)C2)C1c1ccc(-c2ccccc2)cc1. The fraction of sp³-hybridized carbons (Fsp3) is 0.357. The molecule has 1 unspecified atom stereocenters. The maximum absolute atomic E-state index is 13.4. The van der Waals surface area contributed by atoms with E-state index in [9.17, 15) is 9.59 Å². The van der Waals surface area contributed by atoms with Crippen molar-refractivity contribution in [2.24, 2.45) is 5.41 Å². The zero-order chi connectivity index (χ0) is 23.6. The molecule has 0 saturated heterocycles. The number of hydrogen-bond donors (Lipinski definition) is 1. The molecule has 4 rings (SSSR count). The molecule has 0 amide bonds. The standard InChI is InChI=1S/C28H31NO4/c1-5-33-27(31)26-22(17-32-4)29-21-15-28(2,3)16-23(30)25(21)24(26)20-13-11-19(12-14-20)18-9-7-6-8-10-18/h6-14,24,29H,5,15-17H2,1-4H3. The van der Waals surface area contributed by atoms with Gasteiger partial charge in [-0.05, 0) is 35.4 Å². The highest BCUT2D eigenvalue weighted by Crippen LogP contribution is 2.47. The van der Waals surface area contributed by atoms with Crippen molar-refractivity contribution in [2.45, 2.75) is 39.5 Å². The first-order chi connectivity index (χ1) is 15.8. The second-order valence-electron chi connectivity index (χ2n) is 9.42. The summed E-state index contributed by atoms with van der Waals surface area (Å²) < 4.78 is 10.9. The lowest BCUT2D eigenvalue weighted by molar-refractivity contribution is -0.138. The van der Waals surface area contributed by atoms with Gasteiger partial charge in [-0.25, -0.2) is 4.79 Å². The van der Waals surface area contributed by atoms with Gasteiger partial charge < -0.3 is 14.8 Å². The van der Waals surface area contributed by atoms with Gasteiger partial charge >= 0.3 is 5.97 Å². The molecule has 0 fully saturated rings. The third-order valence-electron chi connectivity index (χ3n) is 6.26. The first kappa shape index (κ1) is 23.0. The lowest BCUT2D eigenvalue weighted by Gasteiger charge is -2.40. The van der Waals surface area contributed by atoms with E-state index >= 15 is 0 Å². The third kappa shape index (κ3) is 4.64. The number of allylic oxidation sites excluding steroid dienone is 2. The molecule has 172 valence electrons. The molecule has 0 spiro atoms. The van der Waals surface area contributed by atoms with Gasteiger partial charge in [-0.1, -0.05) is 68.4 Å². The Morgan fingerprint density at radius 2 is 1.70 bits per heavy atom. The van der Waals surface area contributed by atoms with Crippen LogP contribution in [-0.4, -0.2) is 32.1 Å². The summed E-state index contributed by atoms with van der Waals surface area (Å²) in [4.78, 5) is 26.6.